The summed E-state index contributed by atoms with van der Waals surface area (Å²) in [6.45, 7) is 0. The van der Waals surface area contributed by atoms with Gasteiger partial charge in [0.05, 0.1) is 10.6 Å². The fourth-order valence-corrected chi connectivity index (χ4v) is 3.71. The first-order chi connectivity index (χ1) is 10.5. The van der Waals surface area contributed by atoms with E-state index >= 15 is 0 Å². The Morgan fingerprint density at radius 3 is 2.59 bits per heavy atom. The molecule has 110 valence electrons. The summed E-state index contributed by atoms with van der Waals surface area (Å²) in [6.07, 6.45) is 1.77. The Bertz CT molecular complexity index is 787. The monoisotopic (exact) mass is 391 g/mol. The fourth-order valence-electron chi connectivity index (χ4n) is 2.03. The summed E-state index contributed by atoms with van der Waals surface area (Å²) >= 11 is 10.00. The van der Waals surface area contributed by atoms with Crippen LogP contribution in [0.3, 0.4) is 0 Å². The normalized spacial score (nSPS) is 16.6. The molecule has 0 saturated carbocycles. The number of nitrogens with zero attached hydrogens (tertiary/aromatic N) is 1. The van der Waals surface area contributed by atoms with Gasteiger partial charge in [0, 0.05) is 4.47 Å². The highest BCUT2D eigenvalue weighted by atomic mass is 79.9. The second kappa shape index (κ2) is 6.24. The quantitative estimate of drug-likeness (QED) is 0.601. The van der Waals surface area contributed by atoms with Gasteiger partial charge in [-0.2, -0.15) is 0 Å². The predicted molar refractivity (Wildman–Crippen MR) is 97.9 cm³/mol. The molecule has 3 nitrogen and oxygen atoms in total. The molecule has 6 heteroatoms. The predicted octanol–water partition coefficient (Wildman–Crippen LogP) is 4.56. The first-order valence-corrected chi connectivity index (χ1v) is 8.39. The SMILES string of the molecule is O=C1C(=Cc2ccc(O)cc2)SC(=S)N1c1cccc(Br)c1. The Balaban J connectivity index is 1.93. The van der Waals surface area contributed by atoms with Crippen LogP contribution in [0.1, 0.15) is 5.56 Å². The van der Waals surface area contributed by atoms with Crippen LogP contribution in [0, 0.1) is 0 Å². The summed E-state index contributed by atoms with van der Waals surface area (Å²) in [5, 5.41) is 9.30. The lowest BCUT2D eigenvalue weighted by molar-refractivity contribution is -0.113. The number of thiocarbonyl (C=S) groups is 1. The number of benzene rings is 2. The second-order valence-electron chi connectivity index (χ2n) is 4.59. The zero-order chi connectivity index (χ0) is 15.7. The lowest BCUT2D eigenvalue weighted by Crippen LogP contribution is -2.27. The molecular formula is C16H10BrNO2S2. The van der Waals surface area contributed by atoms with Crippen molar-refractivity contribution >= 4 is 61.9 Å². The maximum atomic E-state index is 12.6. The molecule has 1 aliphatic rings. The summed E-state index contributed by atoms with van der Waals surface area (Å²) in [7, 11) is 0. The third-order valence-electron chi connectivity index (χ3n) is 3.05. The molecule has 1 saturated heterocycles. The number of thioether (sulfide) groups is 1. The van der Waals surface area contributed by atoms with Gasteiger partial charge in [0.1, 0.15) is 5.75 Å². The summed E-state index contributed by atoms with van der Waals surface area (Å²) in [5.41, 5.74) is 1.58. The van der Waals surface area contributed by atoms with Gasteiger partial charge < -0.3 is 5.11 Å². The van der Waals surface area contributed by atoms with Crippen LogP contribution in [0.5, 0.6) is 5.75 Å². The van der Waals surface area contributed by atoms with Gasteiger partial charge in [0.15, 0.2) is 4.32 Å². The number of halogens is 1. The van der Waals surface area contributed by atoms with E-state index in [4.69, 9.17) is 12.2 Å². The molecule has 1 aliphatic heterocycles. The molecule has 3 rings (SSSR count). The minimum atomic E-state index is -0.138. The number of hydrogen-bond donors (Lipinski definition) is 1. The van der Waals surface area contributed by atoms with Crippen LogP contribution in [0.15, 0.2) is 57.9 Å². The summed E-state index contributed by atoms with van der Waals surface area (Å²) in [4.78, 5) is 14.7. The smallest absolute Gasteiger partial charge is 0.270 e. The standard InChI is InChI=1S/C16H10BrNO2S2/c17-11-2-1-3-12(9-11)18-15(20)14(22-16(18)21)8-10-4-6-13(19)7-5-10/h1-9,19H. The average Bonchev–Trinajstić information content (AvgIpc) is 2.76. The Morgan fingerprint density at radius 2 is 1.91 bits per heavy atom. The topological polar surface area (TPSA) is 40.5 Å². The van der Waals surface area contributed by atoms with Gasteiger partial charge in [-0.15, -0.1) is 0 Å². The molecule has 0 atom stereocenters. The zero-order valence-electron chi connectivity index (χ0n) is 11.2. The van der Waals surface area contributed by atoms with Crippen LogP contribution in [0.25, 0.3) is 6.08 Å². The van der Waals surface area contributed by atoms with E-state index in [1.165, 1.54) is 16.7 Å². The maximum absolute atomic E-state index is 12.6. The van der Waals surface area contributed by atoms with E-state index in [1.807, 2.05) is 24.3 Å². The minimum absolute atomic E-state index is 0.138. The Morgan fingerprint density at radius 1 is 1.18 bits per heavy atom. The van der Waals surface area contributed by atoms with Gasteiger partial charge in [-0.3, -0.25) is 9.69 Å². The molecule has 0 spiro atoms. The molecule has 0 aliphatic carbocycles. The summed E-state index contributed by atoms with van der Waals surface area (Å²) in [6, 6.07) is 14.1. The van der Waals surface area contributed by atoms with Crippen LogP contribution < -0.4 is 4.90 Å². The van der Waals surface area contributed by atoms with Gasteiger partial charge in [-0.25, -0.2) is 0 Å². The zero-order valence-corrected chi connectivity index (χ0v) is 14.4. The van der Waals surface area contributed by atoms with E-state index in [0.29, 0.717) is 9.23 Å². The number of rotatable bonds is 2. The van der Waals surface area contributed by atoms with Crippen LogP contribution in [-0.2, 0) is 4.79 Å². The van der Waals surface area contributed by atoms with Gasteiger partial charge in [-0.05, 0) is 42.0 Å². The van der Waals surface area contributed by atoms with E-state index in [-0.39, 0.29) is 11.7 Å². The summed E-state index contributed by atoms with van der Waals surface area (Å²) < 4.78 is 1.40. The molecule has 1 heterocycles. The first-order valence-electron chi connectivity index (χ1n) is 6.37. The number of aromatic hydroxyl groups is 1. The molecule has 0 aromatic heterocycles. The van der Waals surface area contributed by atoms with E-state index in [1.54, 1.807) is 30.3 Å². The van der Waals surface area contributed by atoms with Crippen molar-refractivity contribution < 1.29 is 9.90 Å². The lowest BCUT2D eigenvalue weighted by atomic mass is 10.2. The van der Waals surface area contributed by atoms with Gasteiger partial charge in [0.25, 0.3) is 5.91 Å². The molecule has 22 heavy (non-hydrogen) atoms. The number of amides is 1. The van der Waals surface area contributed by atoms with Crippen LogP contribution in [0.4, 0.5) is 5.69 Å². The Hall–Kier alpha value is -1.63. The molecule has 1 amide bonds. The number of anilines is 1. The van der Waals surface area contributed by atoms with Crippen LogP contribution in [-0.4, -0.2) is 15.3 Å². The van der Waals surface area contributed by atoms with Gasteiger partial charge >= 0.3 is 0 Å². The van der Waals surface area contributed by atoms with Gasteiger partial charge in [-0.1, -0.05) is 58.1 Å². The van der Waals surface area contributed by atoms with Crippen molar-refractivity contribution in [1.82, 2.24) is 0 Å². The minimum Gasteiger partial charge on any atom is -0.508 e. The molecule has 0 radical (unpaired) electrons. The second-order valence-corrected chi connectivity index (χ2v) is 7.18. The molecule has 0 unspecified atom stereocenters. The molecule has 1 fully saturated rings. The third-order valence-corrected chi connectivity index (χ3v) is 4.85. The molecule has 1 N–H and O–H groups in total. The van der Waals surface area contributed by atoms with Crippen LogP contribution >= 0.6 is 39.9 Å². The van der Waals surface area contributed by atoms with E-state index in [0.717, 1.165) is 15.7 Å². The van der Waals surface area contributed by atoms with Crippen molar-refractivity contribution in [2.45, 2.75) is 0 Å². The van der Waals surface area contributed by atoms with Crippen molar-refractivity contribution in [1.29, 1.82) is 0 Å². The highest BCUT2D eigenvalue weighted by Gasteiger charge is 2.33. The number of phenolic OH excluding ortho intramolecular Hbond substituents is 1. The van der Waals surface area contributed by atoms with E-state index in [9.17, 15) is 9.90 Å². The van der Waals surface area contributed by atoms with Crippen molar-refractivity contribution in [2.24, 2.45) is 0 Å². The van der Waals surface area contributed by atoms with Crippen molar-refractivity contribution in [3.05, 3.63) is 63.5 Å². The fraction of sp³-hybridized carbons (Fsp3) is 0. The highest BCUT2D eigenvalue weighted by Crippen LogP contribution is 2.36. The van der Waals surface area contributed by atoms with Crippen LogP contribution in [0.2, 0.25) is 0 Å². The number of hydrogen-bond acceptors (Lipinski definition) is 4. The van der Waals surface area contributed by atoms with E-state index in [2.05, 4.69) is 15.9 Å². The maximum Gasteiger partial charge on any atom is 0.270 e. The number of carbonyl (C=O) groups is 1. The molecule has 2 aromatic rings. The number of phenols is 1. The molecule has 2 aromatic carbocycles. The first kappa shape index (κ1) is 15.3. The highest BCUT2D eigenvalue weighted by molar-refractivity contribution is 9.10. The Labute approximate surface area is 145 Å². The van der Waals surface area contributed by atoms with E-state index < -0.39 is 0 Å². The molecule has 0 bridgehead atoms. The lowest BCUT2D eigenvalue weighted by Gasteiger charge is -2.14. The van der Waals surface area contributed by atoms with Gasteiger partial charge in [0.2, 0.25) is 0 Å². The average molecular weight is 392 g/mol. The summed E-state index contributed by atoms with van der Waals surface area (Å²) in [5.74, 6) is 0.0556. The molecular weight excluding hydrogens is 382 g/mol. The largest absolute Gasteiger partial charge is 0.508 e. The van der Waals surface area contributed by atoms with Crippen molar-refractivity contribution in [3.63, 3.8) is 0 Å². The Kier molecular flexibility index (Phi) is 4.33. The third kappa shape index (κ3) is 3.09. The number of carbonyl (C=O) groups excluding carboxylic acids is 1. The van der Waals surface area contributed by atoms with Crippen molar-refractivity contribution in [3.8, 4) is 5.75 Å². The van der Waals surface area contributed by atoms with Crippen molar-refractivity contribution in [2.75, 3.05) is 4.90 Å².